The van der Waals surface area contributed by atoms with Gasteiger partial charge in [0.15, 0.2) is 0 Å². The zero-order valence-electron chi connectivity index (χ0n) is 13.5. The van der Waals surface area contributed by atoms with Gasteiger partial charge in [0.2, 0.25) is 0 Å². The lowest BCUT2D eigenvalue weighted by Crippen LogP contribution is -2.43. The first-order valence-corrected chi connectivity index (χ1v) is 7.24. The van der Waals surface area contributed by atoms with Gasteiger partial charge in [-0.2, -0.15) is 0 Å². The van der Waals surface area contributed by atoms with Gasteiger partial charge in [0.25, 0.3) is 0 Å². The number of ether oxygens (including phenoxy) is 2. The summed E-state index contributed by atoms with van der Waals surface area (Å²) in [5.74, 6) is -2.78. The minimum Gasteiger partial charge on any atom is -0.478 e. The maximum Gasteiger partial charge on any atom is 0.339 e. The van der Waals surface area contributed by atoms with E-state index >= 15 is 0 Å². The quantitative estimate of drug-likeness (QED) is 0.550. The Morgan fingerprint density at radius 2 is 1.88 bits per heavy atom. The molecule has 0 aliphatic heterocycles. The second-order valence-electron chi connectivity index (χ2n) is 5.35. The SMILES string of the molecule is C=CC(=O)OCCC(C)(OC(=O)c1ccccc1C(=O)O)C(C)O. The van der Waals surface area contributed by atoms with Crippen LogP contribution >= 0.6 is 0 Å². The van der Waals surface area contributed by atoms with E-state index in [0.717, 1.165) is 6.08 Å². The predicted molar refractivity (Wildman–Crippen MR) is 84.7 cm³/mol. The molecule has 0 aliphatic carbocycles. The van der Waals surface area contributed by atoms with Gasteiger partial charge in [-0.15, -0.1) is 0 Å². The number of carboxylic acid groups (broad SMARTS) is 1. The third kappa shape index (κ3) is 4.92. The van der Waals surface area contributed by atoms with E-state index in [1.165, 1.54) is 38.1 Å². The summed E-state index contributed by atoms with van der Waals surface area (Å²) in [6, 6.07) is 5.61. The Bertz CT molecular complexity index is 636. The van der Waals surface area contributed by atoms with Crippen LogP contribution in [-0.2, 0) is 14.3 Å². The first kappa shape index (κ1) is 19.4. The number of aromatic carboxylic acids is 1. The maximum atomic E-state index is 12.3. The highest BCUT2D eigenvalue weighted by molar-refractivity contribution is 6.02. The van der Waals surface area contributed by atoms with Gasteiger partial charge in [0, 0.05) is 12.5 Å². The Kier molecular flexibility index (Phi) is 6.67. The van der Waals surface area contributed by atoms with E-state index in [2.05, 4.69) is 6.58 Å². The number of hydrogen-bond acceptors (Lipinski definition) is 6. The van der Waals surface area contributed by atoms with Gasteiger partial charge in [-0.05, 0) is 26.0 Å². The van der Waals surface area contributed by atoms with E-state index in [1.54, 1.807) is 0 Å². The van der Waals surface area contributed by atoms with E-state index in [1.807, 2.05) is 0 Å². The minimum absolute atomic E-state index is 0.0330. The molecule has 0 saturated carbocycles. The average Bonchev–Trinajstić information content (AvgIpc) is 2.54. The fraction of sp³-hybridized carbons (Fsp3) is 0.353. The normalized spacial score (nSPS) is 14.1. The maximum absolute atomic E-state index is 12.3. The minimum atomic E-state index is -1.36. The van der Waals surface area contributed by atoms with Gasteiger partial charge < -0.3 is 19.7 Å². The second-order valence-corrected chi connectivity index (χ2v) is 5.35. The predicted octanol–water partition coefficient (Wildman–Crippen LogP) is 1.80. The van der Waals surface area contributed by atoms with E-state index < -0.39 is 29.6 Å². The van der Waals surface area contributed by atoms with Crippen molar-refractivity contribution in [2.24, 2.45) is 0 Å². The van der Waals surface area contributed by atoms with Crippen molar-refractivity contribution in [2.45, 2.75) is 32.0 Å². The highest BCUT2D eigenvalue weighted by atomic mass is 16.6. The fourth-order valence-corrected chi connectivity index (χ4v) is 1.87. The molecule has 0 spiro atoms. The molecule has 1 aromatic carbocycles. The molecular formula is C17H20O7. The molecule has 2 N–H and O–H groups in total. The monoisotopic (exact) mass is 336 g/mol. The zero-order chi connectivity index (χ0) is 18.3. The van der Waals surface area contributed by atoms with E-state index in [4.69, 9.17) is 14.6 Å². The molecule has 0 fully saturated rings. The molecule has 24 heavy (non-hydrogen) atoms. The van der Waals surface area contributed by atoms with Gasteiger partial charge in [-0.1, -0.05) is 18.7 Å². The summed E-state index contributed by atoms with van der Waals surface area (Å²) in [5.41, 5.74) is -1.68. The number of aliphatic hydroxyl groups excluding tert-OH is 1. The number of hydrogen-bond donors (Lipinski definition) is 2. The standard InChI is InChI=1S/C17H20O7/c1-4-14(19)23-10-9-17(3,11(2)18)24-16(22)13-8-6-5-7-12(13)15(20)21/h4-8,11,18H,1,9-10H2,2-3H3,(H,20,21). The number of aliphatic hydroxyl groups is 1. The topological polar surface area (TPSA) is 110 Å². The molecule has 1 aromatic rings. The summed E-state index contributed by atoms with van der Waals surface area (Å²) < 4.78 is 10.2. The number of carbonyl (C=O) groups is 3. The van der Waals surface area contributed by atoms with E-state index in [0.29, 0.717) is 0 Å². The summed E-state index contributed by atoms with van der Waals surface area (Å²) in [6.45, 7) is 6.06. The highest BCUT2D eigenvalue weighted by Crippen LogP contribution is 2.24. The molecule has 7 heteroatoms. The molecule has 130 valence electrons. The Morgan fingerprint density at radius 1 is 1.29 bits per heavy atom. The lowest BCUT2D eigenvalue weighted by atomic mass is 9.96. The van der Waals surface area contributed by atoms with Crippen LogP contribution in [0.5, 0.6) is 0 Å². The van der Waals surface area contributed by atoms with Gasteiger partial charge in [-0.3, -0.25) is 0 Å². The van der Waals surface area contributed by atoms with Gasteiger partial charge in [-0.25, -0.2) is 14.4 Å². The largest absolute Gasteiger partial charge is 0.478 e. The van der Waals surface area contributed by atoms with Crippen LogP contribution in [0.15, 0.2) is 36.9 Å². The van der Waals surface area contributed by atoms with E-state index in [9.17, 15) is 19.5 Å². The van der Waals surface area contributed by atoms with Crippen LogP contribution in [-0.4, -0.2) is 46.4 Å². The van der Waals surface area contributed by atoms with Crippen LogP contribution in [0, 0.1) is 0 Å². The zero-order valence-corrected chi connectivity index (χ0v) is 13.5. The average molecular weight is 336 g/mol. The van der Waals surface area contributed by atoms with Crippen molar-refractivity contribution in [3.8, 4) is 0 Å². The van der Waals surface area contributed by atoms with Gasteiger partial charge >= 0.3 is 17.9 Å². The first-order chi connectivity index (χ1) is 11.2. The number of esters is 2. The van der Waals surface area contributed by atoms with Crippen LogP contribution in [0.3, 0.4) is 0 Å². The summed E-state index contributed by atoms with van der Waals surface area (Å²) in [4.78, 5) is 34.6. The number of benzene rings is 1. The van der Waals surface area contributed by atoms with Crippen molar-refractivity contribution in [2.75, 3.05) is 6.61 Å². The molecule has 0 amide bonds. The Balaban J connectivity index is 2.92. The molecule has 2 atom stereocenters. The summed E-state index contributed by atoms with van der Waals surface area (Å²) in [6.07, 6.45) is -0.0408. The van der Waals surface area contributed by atoms with Crippen molar-refractivity contribution in [1.29, 1.82) is 0 Å². The van der Waals surface area contributed by atoms with Crippen molar-refractivity contribution in [3.05, 3.63) is 48.0 Å². The highest BCUT2D eigenvalue weighted by Gasteiger charge is 2.35. The van der Waals surface area contributed by atoms with Crippen molar-refractivity contribution < 1.29 is 34.1 Å². The van der Waals surface area contributed by atoms with Crippen LogP contribution < -0.4 is 0 Å². The van der Waals surface area contributed by atoms with E-state index in [-0.39, 0.29) is 24.2 Å². The second kappa shape index (κ2) is 8.26. The molecule has 0 saturated heterocycles. The Hall–Kier alpha value is -2.67. The lowest BCUT2D eigenvalue weighted by Gasteiger charge is -2.32. The van der Waals surface area contributed by atoms with Crippen molar-refractivity contribution in [3.63, 3.8) is 0 Å². The van der Waals surface area contributed by atoms with Gasteiger partial charge in [0.05, 0.1) is 23.8 Å². The smallest absolute Gasteiger partial charge is 0.339 e. The third-order valence-corrected chi connectivity index (χ3v) is 3.60. The molecular weight excluding hydrogens is 316 g/mol. The van der Waals surface area contributed by atoms with Gasteiger partial charge in [0.1, 0.15) is 5.60 Å². The molecule has 0 aliphatic rings. The molecule has 0 heterocycles. The van der Waals surface area contributed by atoms with Crippen LogP contribution in [0.1, 0.15) is 41.0 Å². The third-order valence-electron chi connectivity index (χ3n) is 3.60. The number of carboxylic acids is 1. The van der Waals surface area contributed by atoms with Crippen molar-refractivity contribution in [1.82, 2.24) is 0 Å². The molecule has 0 aromatic heterocycles. The summed E-state index contributed by atoms with van der Waals surface area (Å²) in [5, 5.41) is 19.0. The van der Waals surface area contributed by atoms with Crippen LogP contribution in [0.25, 0.3) is 0 Å². The Labute approximate surface area is 139 Å². The first-order valence-electron chi connectivity index (χ1n) is 7.24. The van der Waals surface area contributed by atoms with Crippen LogP contribution in [0.2, 0.25) is 0 Å². The summed E-state index contributed by atoms with van der Waals surface area (Å²) in [7, 11) is 0. The molecule has 2 unspecified atom stereocenters. The van der Waals surface area contributed by atoms with Crippen molar-refractivity contribution >= 4 is 17.9 Å². The summed E-state index contributed by atoms with van der Waals surface area (Å²) >= 11 is 0. The molecule has 0 radical (unpaired) electrons. The molecule has 7 nitrogen and oxygen atoms in total. The molecule has 0 bridgehead atoms. The van der Waals surface area contributed by atoms with Crippen LogP contribution in [0.4, 0.5) is 0 Å². The Morgan fingerprint density at radius 3 is 2.38 bits per heavy atom. The lowest BCUT2D eigenvalue weighted by molar-refractivity contribution is -0.141. The number of carbonyl (C=O) groups excluding carboxylic acids is 2. The fourth-order valence-electron chi connectivity index (χ4n) is 1.87. The molecule has 1 rings (SSSR count). The number of rotatable bonds is 8.